The molecule has 0 aromatic heterocycles. The molecule has 1 aromatic carbocycles. The van der Waals surface area contributed by atoms with Gasteiger partial charge in [0, 0.05) is 5.56 Å². The highest BCUT2D eigenvalue weighted by Gasteiger charge is 2.31. The van der Waals surface area contributed by atoms with Gasteiger partial charge in [-0.05, 0) is 10.4 Å². The van der Waals surface area contributed by atoms with Gasteiger partial charge in [0.05, 0.1) is 29.4 Å². The summed E-state index contributed by atoms with van der Waals surface area (Å²) in [7, 11) is -3.22. The number of hydrogen-bond donors (Lipinski definition) is 1. The summed E-state index contributed by atoms with van der Waals surface area (Å²) in [4.78, 5) is 0. The van der Waals surface area contributed by atoms with Crippen molar-refractivity contribution in [3.8, 4) is 5.75 Å². The van der Waals surface area contributed by atoms with Crippen molar-refractivity contribution in [1.29, 1.82) is 0 Å². The number of aromatic hydroxyl groups is 1. The fourth-order valence-electron chi connectivity index (χ4n) is 2.49. The maximum Gasteiger partial charge on any atom is 0.184 e. The summed E-state index contributed by atoms with van der Waals surface area (Å²) in [5.41, 5.74) is 1.06. The molecular formula is C15H26O3Si2. The molecule has 1 aliphatic heterocycles. The summed E-state index contributed by atoms with van der Waals surface area (Å²) in [5, 5.41) is 12.9. The maximum absolute atomic E-state index is 10.7. The van der Waals surface area contributed by atoms with Crippen LogP contribution in [0.1, 0.15) is 11.9 Å². The number of benzene rings is 1. The van der Waals surface area contributed by atoms with Gasteiger partial charge >= 0.3 is 0 Å². The Morgan fingerprint density at radius 3 is 1.65 bits per heavy atom. The topological polar surface area (TPSA) is 38.7 Å². The first-order valence-corrected chi connectivity index (χ1v) is 14.2. The molecule has 20 heavy (non-hydrogen) atoms. The van der Waals surface area contributed by atoms with Crippen molar-refractivity contribution in [1.82, 2.24) is 0 Å². The molecule has 1 aromatic rings. The average Bonchev–Trinajstić information content (AvgIpc) is 2.79. The van der Waals surface area contributed by atoms with Gasteiger partial charge in [-0.2, -0.15) is 0 Å². The van der Waals surface area contributed by atoms with E-state index < -0.39 is 16.1 Å². The first-order valence-electron chi connectivity index (χ1n) is 7.22. The molecule has 1 heterocycles. The van der Waals surface area contributed by atoms with Gasteiger partial charge in [-0.3, -0.25) is 0 Å². The predicted octanol–water partition coefficient (Wildman–Crippen LogP) is 2.53. The molecule has 1 aliphatic rings. The standard InChI is InChI=1S/C15H26O3Si2/c1-19(2,3)12-9-11(15-17-7-8-18-15)10-13(14(12)16)20(4,5)6/h9-10,15-16H,7-8H2,1-6H3. The van der Waals surface area contributed by atoms with Gasteiger partial charge in [0.25, 0.3) is 0 Å². The van der Waals surface area contributed by atoms with Crippen LogP contribution in [0.15, 0.2) is 12.1 Å². The molecule has 5 heteroatoms. The summed E-state index contributed by atoms with van der Waals surface area (Å²) >= 11 is 0. The molecule has 1 fully saturated rings. The summed E-state index contributed by atoms with van der Waals surface area (Å²) in [6, 6.07) is 4.20. The zero-order valence-corrected chi connectivity index (χ0v) is 15.4. The highest BCUT2D eigenvalue weighted by molar-refractivity contribution is 6.92. The Hall–Kier alpha value is -0.626. The first kappa shape index (κ1) is 15.8. The second kappa shape index (κ2) is 5.29. The van der Waals surface area contributed by atoms with Crippen molar-refractivity contribution in [2.24, 2.45) is 0 Å². The number of phenolic OH excluding ortho intramolecular Hbond substituents is 1. The lowest BCUT2D eigenvalue weighted by Crippen LogP contribution is -2.46. The molecule has 0 unspecified atom stereocenters. The lowest BCUT2D eigenvalue weighted by atomic mass is 10.2. The van der Waals surface area contributed by atoms with Crippen LogP contribution in [0.2, 0.25) is 39.3 Å². The Balaban J connectivity index is 2.60. The maximum atomic E-state index is 10.7. The van der Waals surface area contributed by atoms with Crippen LogP contribution >= 0.6 is 0 Å². The number of hydrogen-bond acceptors (Lipinski definition) is 3. The minimum Gasteiger partial charge on any atom is -0.508 e. The SMILES string of the molecule is C[Si](C)(C)c1cc(C2OCCO2)cc([Si](C)(C)C)c1O. The third-order valence-corrected chi connectivity index (χ3v) is 7.64. The molecular weight excluding hydrogens is 284 g/mol. The number of phenols is 1. The fourth-order valence-corrected chi connectivity index (χ4v) is 5.50. The molecule has 0 bridgehead atoms. The van der Waals surface area contributed by atoms with Crippen LogP contribution in [0.25, 0.3) is 0 Å². The van der Waals surface area contributed by atoms with Gasteiger partial charge < -0.3 is 14.6 Å². The van der Waals surface area contributed by atoms with E-state index in [1.165, 1.54) is 0 Å². The normalized spacial score (nSPS) is 17.7. The van der Waals surface area contributed by atoms with E-state index in [4.69, 9.17) is 9.47 Å². The Morgan fingerprint density at radius 2 is 1.30 bits per heavy atom. The molecule has 1 saturated heterocycles. The van der Waals surface area contributed by atoms with Crippen LogP contribution in [0, 0.1) is 0 Å². The molecule has 1 N–H and O–H groups in total. The molecule has 0 amide bonds. The third-order valence-electron chi connectivity index (χ3n) is 3.64. The van der Waals surface area contributed by atoms with E-state index in [-0.39, 0.29) is 6.29 Å². The quantitative estimate of drug-likeness (QED) is 0.872. The summed E-state index contributed by atoms with van der Waals surface area (Å²) in [5.74, 6) is 0.519. The lowest BCUT2D eigenvalue weighted by Gasteiger charge is -2.27. The monoisotopic (exact) mass is 310 g/mol. The van der Waals surface area contributed by atoms with Crippen molar-refractivity contribution in [3.63, 3.8) is 0 Å². The van der Waals surface area contributed by atoms with Gasteiger partial charge in [-0.1, -0.05) is 51.4 Å². The van der Waals surface area contributed by atoms with Crippen LogP contribution in [-0.2, 0) is 9.47 Å². The van der Waals surface area contributed by atoms with E-state index in [9.17, 15) is 5.11 Å². The van der Waals surface area contributed by atoms with Gasteiger partial charge in [0.15, 0.2) is 6.29 Å². The van der Waals surface area contributed by atoms with Crippen LogP contribution in [0.4, 0.5) is 0 Å². The van der Waals surface area contributed by atoms with Gasteiger partial charge in [-0.15, -0.1) is 0 Å². The summed E-state index contributed by atoms with van der Waals surface area (Å²) in [6.07, 6.45) is -0.263. The lowest BCUT2D eigenvalue weighted by molar-refractivity contribution is -0.0440. The van der Waals surface area contributed by atoms with E-state index in [0.29, 0.717) is 19.0 Å². The predicted molar refractivity (Wildman–Crippen MR) is 88.7 cm³/mol. The average molecular weight is 311 g/mol. The first-order chi connectivity index (χ1) is 9.10. The van der Waals surface area contributed by atoms with Crippen LogP contribution in [-0.4, -0.2) is 34.5 Å². The molecule has 0 atom stereocenters. The van der Waals surface area contributed by atoms with Crippen LogP contribution in [0.3, 0.4) is 0 Å². The minimum atomic E-state index is -1.61. The highest BCUT2D eigenvalue weighted by atomic mass is 28.3. The molecule has 0 spiro atoms. The second-order valence-corrected chi connectivity index (χ2v) is 17.6. The Kier molecular flexibility index (Phi) is 4.17. The van der Waals surface area contributed by atoms with E-state index in [1.54, 1.807) is 0 Å². The van der Waals surface area contributed by atoms with Crippen LogP contribution < -0.4 is 10.4 Å². The summed E-state index contributed by atoms with van der Waals surface area (Å²) in [6.45, 7) is 14.9. The zero-order valence-electron chi connectivity index (χ0n) is 13.4. The van der Waals surface area contributed by atoms with Crippen molar-refractivity contribution in [2.75, 3.05) is 13.2 Å². The van der Waals surface area contributed by atoms with Gasteiger partial charge in [-0.25, -0.2) is 0 Å². The molecule has 0 aliphatic carbocycles. The Morgan fingerprint density at radius 1 is 0.900 bits per heavy atom. The third kappa shape index (κ3) is 3.16. The molecule has 2 rings (SSSR count). The Labute approximate surface area is 123 Å². The smallest absolute Gasteiger partial charge is 0.184 e. The van der Waals surface area contributed by atoms with Gasteiger partial charge in [0.2, 0.25) is 0 Å². The van der Waals surface area contributed by atoms with Crippen molar-refractivity contribution in [3.05, 3.63) is 17.7 Å². The molecule has 0 radical (unpaired) electrons. The molecule has 3 nitrogen and oxygen atoms in total. The second-order valence-electron chi connectivity index (χ2n) is 7.54. The van der Waals surface area contributed by atoms with E-state index in [1.807, 2.05) is 0 Å². The van der Waals surface area contributed by atoms with Gasteiger partial charge in [0.1, 0.15) is 5.75 Å². The summed E-state index contributed by atoms with van der Waals surface area (Å²) < 4.78 is 11.3. The van der Waals surface area contributed by atoms with E-state index in [2.05, 4.69) is 51.4 Å². The zero-order chi connectivity index (χ0) is 15.1. The Bertz CT molecular complexity index is 460. The molecule has 0 saturated carbocycles. The largest absolute Gasteiger partial charge is 0.508 e. The van der Waals surface area contributed by atoms with Crippen molar-refractivity contribution in [2.45, 2.75) is 45.6 Å². The van der Waals surface area contributed by atoms with Crippen molar-refractivity contribution >= 4 is 26.5 Å². The number of rotatable bonds is 3. The highest BCUT2D eigenvalue weighted by Crippen LogP contribution is 2.26. The minimum absolute atomic E-state index is 0.263. The van der Waals surface area contributed by atoms with E-state index >= 15 is 0 Å². The van der Waals surface area contributed by atoms with E-state index in [0.717, 1.165) is 15.9 Å². The number of ether oxygens (including phenoxy) is 2. The fraction of sp³-hybridized carbons (Fsp3) is 0.600. The van der Waals surface area contributed by atoms with Crippen LogP contribution in [0.5, 0.6) is 5.75 Å². The van der Waals surface area contributed by atoms with Crippen molar-refractivity contribution < 1.29 is 14.6 Å². The molecule has 112 valence electrons.